The van der Waals surface area contributed by atoms with E-state index in [4.69, 9.17) is 0 Å². The Balaban J connectivity index is 0.000000490. The molecule has 164 valence electrons. The van der Waals surface area contributed by atoms with E-state index in [0.29, 0.717) is 0 Å². The second-order valence-corrected chi connectivity index (χ2v) is 17.5. The summed E-state index contributed by atoms with van der Waals surface area (Å²) in [5.74, 6) is 0. The van der Waals surface area contributed by atoms with Crippen LogP contribution in [0.3, 0.4) is 0 Å². The van der Waals surface area contributed by atoms with Gasteiger partial charge in [-0.15, -0.1) is 46.8 Å². The zero-order valence-electron chi connectivity index (χ0n) is 18.6. The van der Waals surface area contributed by atoms with Crippen LogP contribution in [0.1, 0.15) is 38.5 Å². The van der Waals surface area contributed by atoms with E-state index in [1.54, 1.807) is 0 Å². The molecule has 0 saturated carbocycles. The maximum atomic E-state index is 3.50. The SMILES string of the molecule is Br.Br.C[Si](C)(C1=[C-]CC=C1)N1CCCC1.C[Si](C)(C1=[C-]CC=C1)N1CCCC1.[Hf]. The summed E-state index contributed by atoms with van der Waals surface area (Å²) in [6.07, 6.45) is 23.7. The number of rotatable bonds is 4. The quantitative estimate of drug-likeness (QED) is 0.253. The fourth-order valence-corrected chi connectivity index (χ4v) is 10.2. The molecule has 2 aliphatic carbocycles. The first-order valence-electron chi connectivity index (χ1n) is 10.5. The molecule has 0 unspecified atom stereocenters. The Kier molecular flexibility index (Phi) is 14.2. The summed E-state index contributed by atoms with van der Waals surface area (Å²) in [6.45, 7) is 15.1. The summed E-state index contributed by atoms with van der Waals surface area (Å²) in [5, 5.41) is 3.05. The van der Waals surface area contributed by atoms with E-state index in [1.807, 2.05) is 0 Å². The summed E-state index contributed by atoms with van der Waals surface area (Å²) in [7, 11) is -2.57. The van der Waals surface area contributed by atoms with Crippen molar-refractivity contribution in [2.75, 3.05) is 26.2 Å². The van der Waals surface area contributed by atoms with Crippen molar-refractivity contribution in [2.45, 2.75) is 64.7 Å². The fourth-order valence-electron chi connectivity index (χ4n) is 4.54. The molecule has 0 aromatic rings. The van der Waals surface area contributed by atoms with Crippen LogP contribution in [-0.4, -0.2) is 51.8 Å². The molecule has 2 nitrogen and oxygen atoms in total. The first-order chi connectivity index (χ1) is 12.4. The van der Waals surface area contributed by atoms with E-state index in [1.165, 1.54) is 62.3 Å². The van der Waals surface area contributed by atoms with Gasteiger partial charge in [0.15, 0.2) is 0 Å². The Bertz CT molecular complexity index is 564. The van der Waals surface area contributed by atoms with Gasteiger partial charge in [-0.3, -0.25) is 12.2 Å². The van der Waals surface area contributed by atoms with E-state index < -0.39 is 16.5 Å². The Morgan fingerprint density at radius 3 is 1.21 bits per heavy atom. The van der Waals surface area contributed by atoms with E-state index >= 15 is 0 Å². The Morgan fingerprint density at radius 1 is 0.655 bits per heavy atom. The largest absolute Gasteiger partial charge is 0.322 e. The monoisotopic (exact) mass is 724 g/mol. The van der Waals surface area contributed by atoms with Crippen molar-refractivity contribution in [1.29, 1.82) is 0 Å². The molecule has 2 aliphatic heterocycles. The van der Waals surface area contributed by atoms with Gasteiger partial charge in [-0.1, -0.05) is 26.2 Å². The number of allylic oxidation sites excluding steroid dienone is 8. The van der Waals surface area contributed by atoms with Gasteiger partial charge < -0.3 is 9.13 Å². The smallest absolute Gasteiger partial charge is 0.117 e. The fraction of sp³-hybridized carbons (Fsp3) is 0.636. The van der Waals surface area contributed by atoms with Crippen LogP contribution in [0.4, 0.5) is 0 Å². The van der Waals surface area contributed by atoms with Gasteiger partial charge in [0, 0.05) is 25.8 Å². The molecule has 4 rings (SSSR count). The molecule has 2 heterocycles. The first-order valence-corrected chi connectivity index (χ1v) is 16.4. The second kappa shape index (κ2) is 13.6. The van der Waals surface area contributed by atoms with Gasteiger partial charge in [0.25, 0.3) is 0 Å². The summed E-state index contributed by atoms with van der Waals surface area (Å²) >= 11 is 0. The van der Waals surface area contributed by atoms with Crippen LogP contribution >= 0.6 is 34.0 Å². The van der Waals surface area contributed by atoms with Crippen LogP contribution in [0.5, 0.6) is 0 Å². The molecule has 4 aliphatic rings. The van der Waals surface area contributed by atoms with Crippen molar-refractivity contribution in [2.24, 2.45) is 0 Å². The molecule has 2 fully saturated rings. The molecule has 0 spiro atoms. The normalized spacial score (nSPS) is 21.5. The average molecular weight is 725 g/mol. The van der Waals surface area contributed by atoms with Crippen LogP contribution in [0.2, 0.25) is 26.2 Å². The molecule has 0 amide bonds. The van der Waals surface area contributed by atoms with Gasteiger partial charge in [-0.25, -0.2) is 22.5 Å². The third-order valence-electron chi connectivity index (χ3n) is 6.50. The minimum atomic E-state index is -1.29. The number of hydrogen-bond acceptors (Lipinski definition) is 2. The van der Waals surface area contributed by atoms with Crippen LogP contribution in [0, 0.1) is 12.2 Å². The van der Waals surface area contributed by atoms with Gasteiger partial charge >= 0.3 is 0 Å². The minimum absolute atomic E-state index is 0. The minimum Gasteiger partial charge on any atom is -0.322 e. The summed E-state index contributed by atoms with van der Waals surface area (Å²) in [4.78, 5) is 0. The van der Waals surface area contributed by atoms with Gasteiger partial charge in [-0.2, -0.15) is 12.2 Å². The average Bonchev–Trinajstić information content (AvgIpc) is 3.47. The maximum absolute atomic E-state index is 3.50. The third kappa shape index (κ3) is 7.60. The topological polar surface area (TPSA) is 6.48 Å². The molecular weight excluding hydrogens is 687 g/mol. The zero-order valence-corrected chi connectivity index (χ0v) is 27.6. The van der Waals surface area contributed by atoms with Gasteiger partial charge in [0.05, 0.1) is 0 Å². The van der Waals surface area contributed by atoms with Crippen LogP contribution < -0.4 is 0 Å². The van der Waals surface area contributed by atoms with Gasteiger partial charge in [0.2, 0.25) is 0 Å². The van der Waals surface area contributed by atoms with Crippen LogP contribution in [-0.2, 0) is 25.8 Å². The number of hydrogen-bond donors (Lipinski definition) is 0. The molecule has 0 aromatic carbocycles. The van der Waals surface area contributed by atoms with Crippen molar-refractivity contribution in [1.82, 2.24) is 9.13 Å². The predicted octanol–water partition coefficient (Wildman–Crippen LogP) is 6.19. The standard InChI is InChI=1S/2C11H18NSi.2BrH.Hf/c2*1-13(2,11-7-3-4-8-11)12-9-5-6-10-12;;;/h2*3,7H,4-6,9-10H2,1-2H3;2*1H;/q2*-1;;;. The van der Waals surface area contributed by atoms with E-state index in [-0.39, 0.29) is 59.8 Å². The Hall–Kier alpha value is 1.14. The van der Waals surface area contributed by atoms with Crippen molar-refractivity contribution in [3.8, 4) is 0 Å². The summed E-state index contributed by atoms with van der Waals surface area (Å²) in [6, 6.07) is 0. The summed E-state index contributed by atoms with van der Waals surface area (Å²) < 4.78 is 5.43. The molecule has 0 radical (unpaired) electrons. The predicted molar refractivity (Wildman–Crippen MR) is 138 cm³/mol. The molecule has 7 heteroatoms. The Morgan fingerprint density at radius 2 is 0.966 bits per heavy atom. The zero-order chi connectivity index (χ0) is 18.6. The van der Waals surface area contributed by atoms with Crippen molar-refractivity contribution in [3.63, 3.8) is 0 Å². The van der Waals surface area contributed by atoms with E-state index in [0.717, 1.165) is 12.8 Å². The third-order valence-corrected chi connectivity index (χ3v) is 13.9. The van der Waals surface area contributed by atoms with Gasteiger partial charge in [-0.05, 0) is 51.9 Å². The van der Waals surface area contributed by atoms with Crippen LogP contribution in [0.25, 0.3) is 0 Å². The molecule has 0 aromatic heterocycles. The molecule has 0 bridgehead atoms. The second-order valence-electron chi connectivity index (χ2n) is 8.90. The van der Waals surface area contributed by atoms with Crippen LogP contribution in [0.15, 0.2) is 34.7 Å². The van der Waals surface area contributed by atoms with E-state index in [2.05, 4.69) is 71.8 Å². The van der Waals surface area contributed by atoms with Crippen molar-refractivity contribution < 1.29 is 25.8 Å². The maximum Gasteiger partial charge on any atom is 0.117 e. The van der Waals surface area contributed by atoms with Crippen molar-refractivity contribution >= 4 is 50.4 Å². The van der Waals surface area contributed by atoms with Crippen molar-refractivity contribution in [3.05, 3.63) is 46.8 Å². The molecule has 29 heavy (non-hydrogen) atoms. The van der Waals surface area contributed by atoms with Gasteiger partial charge in [0.1, 0.15) is 16.5 Å². The molecule has 0 atom stereocenters. The molecule has 2 saturated heterocycles. The summed E-state index contributed by atoms with van der Waals surface area (Å²) in [5.41, 5.74) is 0. The molecular formula is C22H38Br2HfN2Si2-2. The molecule has 0 N–H and O–H groups in total. The van der Waals surface area contributed by atoms with E-state index in [9.17, 15) is 0 Å². The number of nitrogens with zero attached hydrogens (tertiary/aromatic N) is 2. The first kappa shape index (κ1) is 30.1. The number of halogens is 2. The Labute approximate surface area is 221 Å².